The van der Waals surface area contributed by atoms with Gasteiger partial charge < -0.3 is 5.11 Å². The summed E-state index contributed by atoms with van der Waals surface area (Å²) in [7, 11) is 0. The molecule has 2 aromatic rings. The van der Waals surface area contributed by atoms with E-state index in [-0.39, 0.29) is 0 Å². The number of benzene rings is 1. The molecule has 0 saturated heterocycles. The third-order valence-electron chi connectivity index (χ3n) is 3.06. The van der Waals surface area contributed by atoms with Gasteiger partial charge in [-0.25, -0.2) is 0 Å². The number of pyridine rings is 1. The van der Waals surface area contributed by atoms with Gasteiger partial charge >= 0.3 is 0 Å². The molecular weight excluding hydrogens is 246 g/mol. The fraction of sp³-hybridized carbons (Fsp3) is 0.267. The first-order valence-corrected chi connectivity index (χ1v) is 6.29. The Kier molecular flexibility index (Phi) is 4.00. The van der Waals surface area contributed by atoms with Crippen molar-refractivity contribution in [1.29, 1.82) is 0 Å². The highest BCUT2D eigenvalue weighted by Crippen LogP contribution is 2.25. The third kappa shape index (κ3) is 2.89. The van der Waals surface area contributed by atoms with E-state index >= 15 is 0 Å². The van der Waals surface area contributed by atoms with Gasteiger partial charge in [0.25, 0.3) is 0 Å². The Labute approximate surface area is 112 Å². The standard InChI is InChI=1S/C15H16ClNO/c1-10-3-4-12(14(16)7-10)8-15(18)13-9-17-6-5-11(13)2/h3-7,9,15,18H,8H2,1-2H3. The van der Waals surface area contributed by atoms with Gasteiger partial charge in [0.15, 0.2) is 0 Å². The lowest BCUT2D eigenvalue weighted by molar-refractivity contribution is 0.177. The Morgan fingerprint density at radius 3 is 2.72 bits per heavy atom. The maximum Gasteiger partial charge on any atom is 0.0848 e. The highest BCUT2D eigenvalue weighted by atomic mass is 35.5. The van der Waals surface area contributed by atoms with Crippen molar-refractivity contribution in [2.75, 3.05) is 0 Å². The Morgan fingerprint density at radius 1 is 1.28 bits per heavy atom. The molecule has 3 heteroatoms. The first-order valence-electron chi connectivity index (χ1n) is 5.91. The summed E-state index contributed by atoms with van der Waals surface area (Å²) in [5, 5.41) is 11.0. The van der Waals surface area contributed by atoms with Crippen LogP contribution < -0.4 is 0 Å². The molecule has 2 nitrogen and oxygen atoms in total. The van der Waals surface area contributed by atoms with Gasteiger partial charge in [0.1, 0.15) is 0 Å². The SMILES string of the molecule is Cc1ccc(CC(O)c2cnccc2C)c(Cl)c1. The summed E-state index contributed by atoms with van der Waals surface area (Å²) in [5.74, 6) is 0. The average molecular weight is 262 g/mol. The maximum absolute atomic E-state index is 10.2. The van der Waals surface area contributed by atoms with E-state index in [1.54, 1.807) is 12.4 Å². The van der Waals surface area contributed by atoms with Crippen molar-refractivity contribution in [3.05, 3.63) is 63.9 Å². The van der Waals surface area contributed by atoms with Crippen molar-refractivity contribution in [3.63, 3.8) is 0 Å². The number of nitrogens with zero attached hydrogens (tertiary/aromatic N) is 1. The third-order valence-corrected chi connectivity index (χ3v) is 3.41. The summed E-state index contributed by atoms with van der Waals surface area (Å²) in [6.07, 6.45) is 3.37. The second kappa shape index (κ2) is 5.51. The minimum absolute atomic E-state index is 0.506. The van der Waals surface area contributed by atoms with Crippen LogP contribution in [-0.2, 0) is 6.42 Å². The molecule has 1 heterocycles. The zero-order valence-electron chi connectivity index (χ0n) is 10.5. The number of hydrogen-bond donors (Lipinski definition) is 1. The fourth-order valence-corrected chi connectivity index (χ4v) is 2.27. The highest BCUT2D eigenvalue weighted by Gasteiger charge is 2.13. The van der Waals surface area contributed by atoms with Crippen molar-refractivity contribution in [2.24, 2.45) is 0 Å². The Bertz CT molecular complexity index is 554. The van der Waals surface area contributed by atoms with Gasteiger partial charge in [-0.1, -0.05) is 23.7 Å². The lowest BCUT2D eigenvalue weighted by Crippen LogP contribution is -2.05. The number of aryl methyl sites for hydroxylation is 2. The number of aliphatic hydroxyl groups is 1. The minimum atomic E-state index is -0.570. The molecule has 0 saturated carbocycles. The van der Waals surface area contributed by atoms with Gasteiger partial charge in [-0.15, -0.1) is 0 Å². The molecule has 0 radical (unpaired) electrons. The van der Waals surface area contributed by atoms with Crippen molar-refractivity contribution in [3.8, 4) is 0 Å². The second-order valence-electron chi connectivity index (χ2n) is 4.55. The van der Waals surface area contributed by atoms with Gasteiger partial charge in [-0.05, 0) is 42.7 Å². The maximum atomic E-state index is 10.2. The predicted octanol–water partition coefficient (Wildman–Crippen LogP) is 3.63. The van der Waals surface area contributed by atoms with E-state index in [0.29, 0.717) is 11.4 Å². The number of aromatic nitrogens is 1. The lowest BCUT2D eigenvalue weighted by atomic mass is 9.99. The van der Waals surface area contributed by atoms with Crippen LogP contribution in [0.4, 0.5) is 0 Å². The zero-order chi connectivity index (χ0) is 13.1. The van der Waals surface area contributed by atoms with E-state index in [4.69, 9.17) is 11.6 Å². The monoisotopic (exact) mass is 261 g/mol. The van der Waals surface area contributed by atoms with Gasteiger partial charge in [0.2, 0.25) is 0 Å². The van der Waals surface area contributed by atoms with Gasteiger partial charge in [0, 0.05) is 29.4 Å². The molecule has 0 fully saturated rings. The minimum Gasteiger partial charge on any atom is -0.388 e. The number of aliphatic hydroxyl groups excluding tert-OH is 1. The molecule has 0 amide bonds. The van der Waals surface area contributed by atoms with Crippen LogP contribution >= 0.6 is 11.6 Å². The lowest BCUT2D eigenvalue weighted by Gasteiger charge is -2.14. The van der Waals surface area contributed by atoms with E-state index < -0.39 is 6.10 Å². The fourth-order valence-electron chi connectivity index (χ4n) is 1.96. The van der Waals surface area contributed by atoms with Crippen LogP contribution in [-0.4, -0.2) is 10.1 Å². The number of halogens is 1. The molecule has 1 aromatic carbocycles. The van der Waals surface area contributed by atoms with E-state index in [1.165, 1.54) is 0 Å². The molecule has 0 aliphatic carbocycles. The number of hydrogen-bond acceptors (Lipinski definition) is 2. The molecule has 2 rings (SSSR count). The first-order chi connectivity index (χ1) is 8.58. The Balaban J connectivity index is 2.21. The summed E-state index contributed by atoms with van der Waals surface area (Å²) in [6, 6.07) is 7.78. The van der Waals surface area contributed by atoms with Crippen molar-refractivity contribution >= 4 is 11.6 Å². The van der Waals surface area contributed by atoms with Gasteiger partial charge in [0.05, 0.1) is 6.10 Å². The van der Waals surface area contributed by atoms with Crippen LogP contribution in [0.2, 0.25) is 5.02 Å². The second-order valence-corrected chi connectivity index (χ2v) is 4.95. The average Bonchev–Trinajstić information content (AvgIpc) is 2.33. The van der Waals surface area contributed by atoms with Crippen LogP contribution in [0.15, 0.2) is 36.7 Å². The smallest absolute Gasteiger partial charge is 0.0848 e. The zero-order valence-corrected chi connectivity index (χ0v) is 11.3. The molecular formula is C15H16ClNO. The summed E-state index contributed by atoms with van der Waals surface area (Å²) in [5.41, 5.74) is 3.98. The van der Waals surface area contributed by atoms with Crippen molar-refractivity contribution < 1.29 is 5.11 Å². The largest absolute Gasteiger partial charge is 0.388 e. The molecule has 1 unspecified atom stereocenters. The molecule has 0 spiro atoms. The van der Waals surface area contributed by atoms with E-state index in [1.807, 2.05) is 38.1 Å². The van der Waals surface area contributed by atoms with Gasteiger partial charge in [-0.2, -0.15) is 0 Å². The topological polar surface area (TPSA) is 33.1 Å². The first kappa shape index (κ1) is 13.1. The Morgan fingerprint density at radius 2 is 2.06 bits per heavy atom. The summed E-state index contributed by atoms with van der Waals surface area (Å²) >= 11 is 6.17. The van der Waals surface area contributed by atoms with E-state index in [9.17, 15) is 5.11 Å². The number of rotatable bonds is 3. The molecule has 1 atom stereocenters. The molecule has 0 bridgehead atoms. The summed E-state index contributed by atoms with van der Waals surface area (Å²) in [6.45, 7) is 3.97. The predicted molar refractivity (Wildman–Crippen MR) is 73.8 cm³/mol. The van der Waals surface area contributed by atoms with Crippen LogP contribution in [0, 0.1) is 13.8 Å². The van der Waals surface area contributed by atoms with Crippen LogP contribution in [0.5, 0.6) is 0 Å². The summed E-state index contributed by atoms with van der Waals surface area (Å²) in [4.78, 5) is 4.05. The normalized spacial score (nSPS) is 12.4. The molecule has 0 aliphatic heterocycles. The van der Waals surface area contributed by atoms with Crippen molar-refractivity contribution in [2.45, 2.75) is 26.4 Å². The molecule has 0 aliphatic rings. The quantitative estimate of drug-likeness (QED) is 0.915. The van der Waals surface area contributed by atoms with Gasteiger partial charge in [-0.3, -0.25) is 4.98 Å². The molecule has 1 N–H and O–H groups in total. The molecule has 1 aromatic heterocycles. The van der Waals surface area contributed by atoms with Crippen molar-refractivity contribution in [1.82, 2.24) is 4.98 Å². The van der Waals surface area contributed by atoms with Crippen LogP contribution in [0.1, 0.15) is 28.4 Å². The van der Waals surface area contributed by atoms with E-state index in [2.05, 4.69) is 4.98 Å². The molecule has 94 valence electrons. The van der Waals surface area contributed by atoms with Crippen LogP contribution in [0.25, 0.3) is 0 Å². The molecule has 18 heavy (non-hydrogen) atoms. The Hall–Kier alpha value is -1.38. The highest BCUT2D eigenvalue weighted by molar-refractivity contribution is 6.31. The van der Waals surface area contributed by atoms with E-state index in [0.717, 1.165) is 22.3 Å². The summed E-state index contributed by atoms with van der Waals surface area (Å²) < 4.78 is 0. The van der Waals surface area contributed by atoms with Crippen LogP contribution in [0.3, 0.4) is 0 Å².